The maximum Gasteiger partial charge on any atom is 0.250 e. The Morgan fingerprint density at radius 2 is 1.95 bits per heavy atom. The van der Waals surface area contributed by atoms with E-state index in [1.165, 1.54) is 0 Å². The van der Waals surface area contributed by atoms with Gasteiger partial charge in [-0.3, -0.25) is 0 Å². The van der Waals surface area contributed by atoms with E-state index in [4.69, 9.17) is 4.74 Å². The molecule has 1 aliphatic heterocycles. The molecular weight excluding hydrogens is 248 g/mol. The molecule has 2 fully saturated rings. The molecule has 0 aromatic rings. The lowest BCUT2D eigenvalue weighted by Crippen LogP contribution is -2.36. The van der Waals surface area contributed by atoms with Crippen LogP contribution in [0.1, 0.15) is 52.9 Å². The van der Waals surface area contributed by atoms with E-state index in [0.29, 0.717) is 6.42 Å². The second-order valence-electron chi connectivity index (χ2n) is 7.42. The first kappa shape index (κ1) is 15.2. The van der Waals surface area contributed by atoms with Crippen LogP contribution in [0.3, 0.4) is 0 Å². The highest BCUT2D eigenvalue weighted by Gasteiger charge is 2.38. The lowest BCUT2D eigenvalue weighted by Gasteiger charge is -2.31. The molecule has 0 spiro atoms. The average molecular weight is 275 g/mol. The highest BCUT2D eigenvalue weighted by molar-refractivity contribution is 4.84. The molecule has 1 heterocycles. The molecule has 19 heavy (non-hydrogen) atoms. The Kier molecular flexibility index (Phi) is 4.51. The van der Waals surface area contributed by atoms with Crippen LogP contribution in [-0.4, -0.2) is 42.7 Å². The van der Waals surface area contributed by atoms with Crippen LogP contribution in [0.5, 0.6) is 0 Å². The average Bonchev–Trinajstić information content (AvgIpc) is 2.61. The maximum atomic E-state index is 13.3. The first-order valence-electron chi connectivity index (χ1n) is 7.49. The number of rotatable bonds is 3. The molecular formula is C15H27F2NO. The smallest absolute Gasteiger partial charge is 0.250 e. The molecule has 0 bridgehead atoms. The van der Waals surface area contributed by atoms with E-state index < -0.39 is 5.92 Å². The van der Waals surface area contributed by atoms with Gasteiger partial charge in [0.2, 0.25) is 0 Å². The molecule has 112 valence electrons. The van der Waals surface area contributed by atoms with Crippen molar-refractivity contribution in [1.82, 2.24) is 4.90 Å². The monoisotopic (exact) mass is 275 g/mol. The quantitative estimate of drug-likeness (QED) is 0.778. The summed E-state index contributed by atoms with van der Waals surface area (Å²) in [6.45, 7) is 9.66. The minimum absolute atomic E-state index is 0.0354. The van der Waals surface area contributed by atoms with Gasteiger partial charge in [-0.25, -0.2) is 8.78 Å². The Morgan fingerprint density at radius 1 is 1.21 bits per heavy atom. The van der Waals surface area contributed by atoms with E-state index in [2.05, 4.69) is 25.7 Å². The number of hydrogen-bond acceptors (Lipinski definition) is 2. The number of ether oxygens (including phenoxy) is 1. The molecule has 0 aromatic heterocycles. The molecule has 0 radical (unpaired) electrons. The van der Waals surface area contributed by atoms with Gasteiger partial charge < -0.3 is 9.64 Å². The standard InChI is InChI=1S/C15H27F2NO/c1-14(2,3)11-18-8-6-13(10-18)19-12-5-4-7-15(16,17)9-12/h12-13H,4-11H2,1-3H3/t12-,13-/m0/s1. The molecule has 1 saturated carbocycles. The normalized spacial score (nSPS) is 32.7. The Morgan fingerprint density at radius 3 is 2.58 bits per heavy atom. The molecule has 2 rings (SSSR count). The van der Waals surface area contributed by atoms with Gasteiger partial charge in [0.05, 0.1) is 12.2 Å². The van der Waals surface area contributed by atoms with Crippen LogP contribution in [0.4, 0.5) is 8.78 Å². The summed E-state index contributed by atoms with van der Waals surface area (Å²) in [4.78, 5) is 2.39. The van der Waals surface area contributed by atoms with E-state index in [-0.39, 0.29) is 30.5 Å². The van der Waals surface area contributed by atoms with Gasteiger partial charge in [0.25, 0.3) is 5.92 Å². The first-order chi connectivity index (χ1) is 8.73. The van der Waals surface area contributed by atoms with Gasteiger partial charge in [0.1, 0.15) is 0 Å². The van der Waals surface area contributed by atoms with Crippen LogP contribution in [0.25, 0.3) is 0 Å². The number of hydrogen-bond donors (Lipinski definition) is 0. The molecule has 0 amide bonds. The summed E-state index contributed by atoms with van der Waals surface area (Å²) in [6, 6.07) is 0. The van der Waals surface area contributed by atoms with Crippen LogP contribution in [-0.2, 0) is 4.74 Å². The fourth-order valence-corrected chi connectivity index (χ4v) is 3.24. The molecule has 1 saturated heterocycles. The zero-order valence-electron chi connectivity index (χ0n) is 12.4. The third-order valence-electron chi connectivity index (χ3n) is 3.91. The molecule has 2 aliphatic rings. The Bertz CT molecular complexity index is 301. The molecule has 2 atom stereocenters. The molecule has 4 heteroatoms. The SMILES string of the molecule is CC(C)(C)CN1CC[C@H](O[C@H]2CCCC(F)(F)C2)C1. The predicted molar refractivity (Wildman–Crippen MR) is 72.6 cm³/mol. The minimum atomic E-state index is -2.51. The van der Waals surface area contributed by atoms with Crippen LogP contribution in [0.15, 0.2) is 0 Å². The van der Waals surface area contributed by atoms with Crippen molar-refractivity contribution in [3.8, 4) is 0 Å². The largest absolute Gasteiger partial charge is 0.373 e. The van der Waals surface area contributed by atoms with Gasteiger partial charge in [-0.05, 0) is 24.7 Å². The van der Waals surface area contributed by atoms with E-state index in [1.54, 1.807) is 0 Å². The summed E-state index contributed by atoms with van der Waals surface area (Å²) in [5.74, 6) is -2.51. The van der Waals surface area contributed by atoms with Crippen LogP contribution in [0, 0.1) is 5.41 Å². The van der Waals surface area contributed by atoms with Gasteiger partial charge in [-0.1, -0.05) is 20.8 Å². The maximum absolute atomic E-state index is 13.3. The van der Waals surface area contributed by atoms with Crippen LogP contribution >= 0.6 is 0 Å². The summed E-state index contributed by atoms with van der Waals surface area (Å²) < 4.78 is 32.6. The second kappa shape index (κ2) is 5.65. The molecule has 0 unspecified atom stereocenters. The number of likely N-dealkylation sites (tertiary alicyclic amines) is 1. The van der Waals surface area contributed by atoms with E-state index in [1.807, 2.05) is 0 Å². The molecule has 1 aliphatic carbocycles. The molecule has 0 aromatic carbocycles. The zero-order valence-corrected chi connectivity index (χ0v) is 12.4. The van der Waals surface area contributed by atoms with Crippen molar-refractivity contribution in [1.29, 1.82) is 0 Å². The topological polar surface area (TPSA) is 12.5 Å². The predicted octanol–water partition coefficient (Wildman–Crippen LogP) is 3.70. The van der Waals surface area contributed by atoms with Crippen molar-refractivity contribution in [3.05, 3.63) is 0 Å². The summed E-state index contributed by atoms with van der Waals surface area (Å²) in [5.41, 5.74) is 0.284. The Balaban J connectivity index is 1.76. The molecule has 2 nitrogen and oxygen atoms in total. The van der Waals surface area contributed by atoms with Crippen molar-refractivity contribution in [3.63, 3.8) is 0 Å². The van der Waals surface area contributed by atoms with Crippen molar-refractivity contribution < 1.29 is 13.5 Å². The number of nitrogens with zero attached hydrogens (tertiary/aromatic N) is 1. The highest BCUT2D eigenvalue weighted by atomic mass is 19.3. The summed E-state index contributed by atoms with van der Waals surface area (Å²) >= 11 is 0. The van der Waals surface area contributed by atoms with Crippen molar-refractivity contribution in [2.45, 2.75) is 71.0 Å². The van der Waals surface area contributed by atoms with Crippen molar-refractivity contribution >= 4 is 0 Å². The Hall–Kier alpha value is -0.220. The fourth-order valence-electron chi connectivity index (χ4n) is 3.24. The van der Waals surface area contributed by atoms with Gasteiger partial charge in [-0.2, -0.15) is 0 Å². The highest BCUT2D eigenvalue weighted by Crippen LogP contribution is 2.35. The lowest BCUT2D eigenvalue weighted by atomic mass is 9.94. The van der Waals surface area contributed by atoms with Crippen molar-refractivity contribution in [2.75, 3.05) is 19.6 Å². The van der Waals surface area contributed by atoms with Gasteiger partial charge in [-0.15, -0.1) is 0 Å². The summed E-state index contributed by atoms with van der Waals surface area (Å²) in [6.07, 6.45) is 2.25. The Labute approximate surface area is 115 Å². The minimum Gasteiger partial charge on any atom is -0.373 e. The van der Waals surface area contributed by atoms with Gasteiger partial charge in [0.15, 0.2) is 0 Å². The summed E-state index contributed by atoms with van der Waals surface area (Å²) in [7, 11) is 0. The fraction of sp³-hybridized carbons (Fsp3) is 1.00. The zero-order chi connectivity index (χ0) is 14.1. The number of halogens is 2. The third kappa shape index (κ3) is 4.99. The van der Waals surface area contributed by atoms with Crippen LogP contribution in [0.2, 0.25) is 0 Å². The molecule has 0 N–H and O–H groups in total. The summed E-state index contributed by atoms with van der Waals surface area (Å²) in [5, 5.41) is 0. The van der Waals surface area contributed by atoms with Gasteiger partial charge in [0, 0.05) is 32.5 Å². The second-order valence-corrected chi connectivity index (χ2v) is 7.42. The van der Waals surface area contributed by atoms with Crippen molar-refractivity contribution in [2.24, 2.45) is 5.41 Å². The third-order valence-corrected chi connectivity index (χ3v) is 3.91. The number of alkyl halides is 2. The van der Waals surface area contributed by atoms with Gasteiger partial charge >= 0.3 is 0 Å². The van der Waals surface area contributed by atoms with E-state index in [0.717, 1.165) is 32.5 Å². The van der Waals surface area contributed by atoms with E-state index in [9.17, 15) is 8.78 Å². The lowest BCUT2D eigenvalue weighted by molar-refractivity contribution is -0.113. The van der Waals surface area contributed by atoms with E-state index >= 15 is 0 Å². The van der Waals surface area contributed by atoms with Crippen LogP contribution < -0.4 is 0 Å². The first-order valence-corrected chi connectivity index (χ1v) is 7.49.